The molecule has 24 heavy (non-hydrogen) atoms. The Hall–Kier alpha value is -2.44. The Kier molecular flexibility index (Phi) is 5.08. The van der Waals surface area contributed by atoms with Gasteiger partial charge in [0.05, 0.1) is 19.6 Å². The van der Waals surface area contributed by atoms with E-state index in [1.807, 2.05) is 18.2 Å². The Morgan fingerprint density at radius 2 is 2.29 bits per heavy atom. The van der Waals surface area contributed by atoms with Gasteiger partial charge in [-0.3, -0.25) is 4.79 Å². The van der Waals surface area contributed by atoms with E-state index >= 15 is 0 Å². The molecule has 130 valence electrons. The monoisotopic (exact) mass is 334 g/mol. The SMILES string of the molecule is COc1ccc2c(c1)OCC(C(=O)NCCN1CCCOC1=O)C2. The Morgan fingerprint density at radius 1 is 1.42 bits per heavy atom. The van der Waals surface area contributed by atoms with Crippen molar-refractivity contribution >= 4 is 12.0 Å². The van der Waals surface area contributed by atoms with Crippen LogP contribution in [0.5, 0.6) is 11.5 Å². The lowest BCUT2D eigenvalue weighted by atomic mass is 9.96. The zero-order chi connectivity index (χ0) is 16.9. The van der Waals surface area contributed by atoms with Gasteiger partial charge < -0.3 is 24.4 Å². The zero-order valence-electron chi connectivity index (χ0n) is 13.7. The summed E-state index contributed by atoms with van der Waals surface area (Å²) in [5, 5.41) is 2.88. The van der Waals surface area contributed by atoms with E-state index in [-0.39, 0.29) is 17.9 Å². The first-order valence-electron chi connectivity index (χ1n) is 8.16. The molecule has 3 rings (SSSR count). The highest BCUT2D eigenvalue weighted by molar-refractivity contribution is 5.79. The van der Waals surface area contributed by atoms with Crippen LogP contribution in [-0.4, -0.2) is 56.9 Å². The van der Waals surface area contributed by atoms with Gasteiger partial charge in [0.25, 0.3) is 0 Å². The molecular weight excluding hydrogens is 312 g/mol. The van der Waals surface area contributed by atoms with E-state index in [2.05, 4.69) is 5.32 Å². The Bertz CT molecular complexity index is 619. The number of nitrogens with zero attached hydrogens (tertiary/aromatic N) is 1. The lowest BCUT2D eigenvalue weighted by Crippen LogP contribution is -2.44. The summed E-state index contributed by atoms with van der Waals surface area (Å²) in [6, 6.07) is 5.63. The normalized spacial score (nSPS) is 19.8. The van der Waals surface area contributed by atoms with Crippen LogP contribution in [0.3, 0.4) is 0 Å². The summed E-state index contributed by atoms with van der Waals surface area (Å²) in [6.07, 6.45) is 1.16. The lowest BCUT2D eigenvalue weighted by molar-refractivity contribution is -0.126. The number of rotatable bonds is 5. The number of carbonyl (C=O) groups excluding carboxylic acids is 2. The third kappa shape index (κ3) is 3.72. The number of cyclic esters (lactones) is 1. The fourth-order valence-corrected chi connectivity index (χ4v) is 2.91. The van der Waals surface area contributed by atoms with Gasteiger partial charge in [-0.15, -0.1) is 0 Å². The van der Waals surface area contributed by atoms with E-state index in [0.717, 1.165) is 23.5 Å². The van der Waals surface area contributed by atoms with E-state index in [4.69, 9.17) is 14.2 Å². The van der Waals surface area contributed by atoms with Gasteiger partial charge >= 0.3 is 6.09 Å². The summed E-state index contributed by atoms with van der Waals surface area (Å²) in [5.74, 6) is 1.24. The van der Waals surface area contributed by atoms with Crippen LogP contribution in [0.2, 0.25) is 0 Å². The topological polar surface area (TPSA) is 77.1 Å². The minimum absolute atomic E-state index is 0.0538. The summed E-state index contributed by atoms with van der Waals surface area (Å²) in [5.41, 5.74) is 1.00. The Balaban J connectivity index is 1.48. The van der Waals surface area contributed by atoms with Crippen molar-refractivity contribution in [3.8, 4) is 11.5 Å². The fourth-order valence-electron chi connectivity index (χ4n) is 2.91. The second kappa shape index (κ2) is 7.42. The number of fused-ring (bicyclic) bond motifs is 1. The van der Waals surface area contributed by atoms with Crippen LogP contribution in [0.4, 0.5) is 4.79 Å². The number of carbonyl (C=O) groups is 2. The lowest BCUT2D eigenvalue weighted by Gasteiger charge is -2.27. The van der Waals surface area contributed by atoms with Crippen LogP contribution in [-0.2, 0) is 16.0 Å². The molecule has 0 spiro atoms. The summed E-state index contributed by atoms with van der Waals surface area (Å²) >= 11 is 0. The standard InChI is InChI=1S/C17H22N2O5/c1-22-14-4-3-12-9-13(11-24-15(12)10-14)16(20)18-5-7-19-6-2-8-23-17(19)21/h3-4,10,13H,2,5-9,11H2,1H3,(H,18,20). The summed E-state index contributed by atoms with van der Waals surface area (Å²) in [6.45, 7) is 2.38. The smallest absolute Gasteiger partial charge is 0.409 e. The molecule has 0 radical (unpaired) electrons. The van der Waals surface area contributed by atoms with Crippen molar-refractivity contribution in [2.75, 3.05) is 40.0 Å². The van der Waals surface area contributed by atoms with Crippen LogP contribution in [0, 0.1) is 5.92 Å². The molecule has 0 aliphatic carbocycles. The van der Waals surface area contributed by atoms with E-state index in [9.17, 15) is 9.59 Å². The molecule has 1 saturated heterocycles. The summed E-state index contributed by atoms with van der Waals surface area (Å²) < 4.78 is 15.8. The maximum Gasteiger partial charge on any atom is 0.409 e. The highest BCUT2D eigenvalue weighted by Gasteiger charge is 2.26. The van der Waals surface area contributed by atoms with Crippen molar-refractivity contribution in [2.24, 2.45) is 5.92 Å². The number of nitrogens with one attached hydrogen (secondary N) is 1. The molecule has 1 aromatic rings. The first kappa shape index (κ1) is 16.4. The van der Waals surface area contributed by atoms with Gasteiger partial charge in [0.15, 0.2) is 0 Å². The highest BCUT2D eigenvalue weighted by Crippen LogP contribution is 2.30. The van der Waals surface area contributed by atoms with Crippen LogP contribution in [0.15, 0.2) is 18.2 Å². The molecule has 1 atom stereocenters. The molecule has 1 aromatic carbocycles. The predicted molar refractivity (Wildman–Crippen MR) is 86.2 cm³/mol. The van der Waals surface area contributed by atoms with E-state index in [0.29, 0.717) is 39.3 Å². The van der Waals surface area contributed by atoms with Gasteiger partial charge in [-0.05, 0) is 24.5 Å². The minimum Gasteiger partial charge on any atom is -0.497 e. The van der Waals surface area contributed by atoms with Crippen molar-refractivity contribution in [2.45, 2.75) is 12.8 Å². The molecule has 2 aliphatic heterocycles. The quantitative estimate of drug-likeness (QED) is 0.876. The number of amides is 2. The van der Waals surface area contributed by atoms with Gasteiger partial charge in [-0.1, -0.05) is 6.07 Å². The number of hydrogen-bond donors (Lipinski definition) is 1. The molecule has 7 heteroatoms. The first-order valence-corrected chi connectivity index (χ1v) is 8.16. The van der Waals surface area contributed by atoms with Crippen LogP contribution in [0.25, 0.3) is 0 Å². The van der Waals surface area contributed by atoms with Crippen molar-refractivity contribution in [3.05, 3.63) is 23.8 Å². The van der Waals surface area contributed by atoms with Crippen molar-refractivity contribution in [1.82, 2.24) is 10.2 Å². The molecule has 0 bridgehead atoms. The second-order valence-electron chi connectivity index (χ2n) is 5.93. The molecule has 1 fully saturated rings. The third-order valence-corrected chi connectivity index (χ3v) is 4.29. The minimum atomic E-state index is -0.306. The molecule has 1 unspecified atom stereocenters. The average Bonchev–Trinajstić information content (AvgIpc) is 2.62. The van der Waals surface area contributed by atoms with Crippen molar-refractivity contribution in [3.63, 3.8) is 0 Å². The predicted octanol–water partition coefficient (Wildman–Crippen LogP) is 1.20. The molecule has 0 saturated carbocycles. The van der Waals surface area contributed by atoms with Gasteiger partial charge in [0.1, 0.15) is 18.1 Å². The number of ether oxygens (including phenoxy) is 3. The average molecular weight is 334 g/mol. The van der Waals surface area contributed by atoms with Gasteiger partial charge in [-0.2, -0.15) is 0 Å². The van der Waals surface area contributed by atoms with Gasteiger partial charge in [-0.25, -0.2) is 4.79 Å². The van der Waals surface area contributed by atoms with E-state index < -0.39 is 0 Å². The molecule has 1 N–H and O–H groups in total. The highest BCUT2D eigenvalue weighted by atomic mass is 16.6. The molecular formula is C17H22N2O5. The molecule has 2 aliphatic rings. The summed E-state index contributed by atoms with van der Waals surface area (Å²) in [4.78, 5) is 25.4. The third-order valence-electron chi connectivity index (χ3n) is 4.29. The fraction of sp³-hybridized carbons (Fsp3) is 0.529. The molecule has 2 heterocycles. The van der Waals surface area contributed by atoms with Crippen molar-refractivity contribution < 1.29 is 23.8 Å². The summed E-state index contributed by atoms with van der Waals surface area (Å²) in [7, 11) is 1.61. The molecule has 0 aromatic heterocycles. The molecule has 2 amide bonds. The number of hydrogen-bond acceptors (Lipinski definition) is 5. The molecule has 7 nitrogen and oxygen atoms in total. The maximum atomic E-state index is 12.3. The largest absolute Gasteiger partial charge is 0.497 e. The maximum absolute atomic E-state index is 12.3. The van der Waals surface area contributed by atoms with Crippen LogP contribution in [0.1, 0.15) is 12.0 Å². The van der Waals surface area contributed by atoms with Gasteiger partial charge in [0, 0.05) is 25.7 Å². The van der Waals surface area contributed by atoms with Crippen molar-refractivity contribution in [1.29, 1.82) is 0 Å². The zero-order valence-corrected chi connectivity index (χ0v) is 13.7. The Morgan fingerprint density at radius 3 is 3.08 bits per heavy atom. The number of benzene rings is 1. The number of methoxy groups -OCH3 is 1. The second-order valence-corrected chi connectivity index (χ2v) is 5.93. The van der Waals surface area contributed by atoms with E-state index in [1.165, 1.54) is 0 Å². The van der Waals surface area contributed by atoms with Crippen LogP contribution >= 0.6 is 0 Å². The Labute approximate surface area is 140 Å². The van der Waals surface area contributed by atoms with E-state index in [1.54, 1.807) is 12.0 Å². The first-order chi connectivity index (χ1) is 11.7. The van der Waals surface area contributed by atoms with Crippen LogP contribution < -0.4 is 14.8 Å². The van der Waals surface area contributed by atoms with Gasteiger partial charge in [0.2, 0.25) is 5.91 Å².